The summed E-state index contributed by atoms with van der Waals surface area (Å²) in [7, 11) is 5.16. The summed E-state index contributed by atoms with van der Waals surface area (Å²) in [5.74, 6) is 4.32. The van der Waals surface area contributed by atoms with Crippen LogP contribution in [-0.4, -0.2) is 38.7 Å². The van der Waals surface area contributed by atoms with Crippen LogP contribution in [0.25, 0.3) is 0 Å². The summed E-state index contributed by atoms with van der Waals surface area (Å²) < 4.78 is 16.5. The first-order valence-corrected chi connectivity index (χ1v) is 8.81. The molecule has 1 aliphatic rings. The van der Waals surface area contributed by atoms with Crippen LogP contribution >= 0.6 is 0 Å². The van der Waals surface area contributed by atoms with Crippen LogP contribution in [-0.2, 0) is 19.5 Å². The van der Waals surface area contributed by atoms with E-state index in [0.717, 1.165) is 54.1 Å². The fourth-order valence-corrected chi connectivity index (χ4v) is 3.43. The van der Waals surface area contributed by atoms with Crippen molar-refractivity contribution in [1.82, 2.24) is 10.2 Å². The van der Waals surface area contributed by atoms with Gasteiger partial charge in [0, 0.05) is 32.2 Å². The molecule has 0 saturated heterocycles. The third-order valence-electron chi connectivity index (χ3n) is 4.81. The average Bonchev–Trinajstić information content (AvgIpc) is 2.98. The molecule has 0 atom stereocenters. The van der Waals surface area contributed by atoms with Crippen LogP contribution in [0.15, 0.2) is 27.6 Å². The zero-order valence-electron chi connectivity index (χ0n) is 16.2. The standard InChI is InChI=1S/C20H27N3O3/c1-13-8-16(14(2)26-13)11-22-20(21-3)23-7-6-15-9-18(24-4)19(25-5)10-17(15)12-23/h8-10H,6-7,11-12H2,1-5H3,(H,21,22). The molecule has 6 nitrogen and oxygen atoms in total. The number of methoxy groups -OCH3 is 2. The molecule has 0 aliphatic carbocycles. The van der Waals surface area contributed by atoms with E-state index in [-0.39, 0.29) is 0 Å². The predicted octanol–water partition coefficient (Wildman–Crippen LogP) is 3.05. The Morgan fingerprint density at radius 3 is 2.42 bits per heavy atom. The number of nitrogens with zero attached hydrogens (tertiary/aromatic N) is 2. The van der Waals surface area contributed by atoms with Crippen molar-refractivity contribution in [3.05, 3.63) is 46.4 Å². The first-order chi connectivity index (χ1) is 12.5. The van der Waals surface area contributed by atoms with Gasteiger partial charge in [-0.1, -0.05) is 0 Å². The minimum absolute atomic E-state index is 0.700. The van der Waals surface area contributed by atoms with Gasteiger partial charge in [0.15, 0.2) is 17.5 Å². The third kappa shape index (κ3) is 3.64. The maximum Gasteiger partial charge on any atom is 0.194 e. The average molecular weight is 357 g/mol. The molecular formula is C20H27N3O3. The van der Waals surface area contributed by atoms with Crippen LogP contribution in [0.4, 0.5) is 0 Å². The van der Waals surface area contributed by atoms with Crippen LogP contribution in [0, 0.1) is 13.8 Å². The second-order valence-electron chi connectivity index (χ2n) is 6.49. The van der Waals surface area contributed by atoms with Gasteiger partial charge in [-0.3, -0.25) is 4.99 Å². The highest BCUT2D eigenvalue weighted by Crippen LogP contribution is 2.33. The van der Waals surface area contributed by atoms with E-state index in [2.05, 4.69) is 33.4 Å². The van der Waals surface area contributed by atoms with Crippen molar-refractivity contribution < 1.29 is 13.9 Å². The molecule has 140 valence electrons. The summed E-state index contributed by atoms with van der Waals surface area (Å²) in [5.41, 5.74) is 3.70. The Kier molecular flexibility index (Phi) is 5.40. The maximum absolute atomic E-state index is 5.60. The number of rotatable bonds is 4. The van der Waals surface area contributed by atoms with Gasteiger partial charge in [-0.2, -0.15) is 0 Å². The van der Waals surface area contributed by atoms with Gasteiger partial charge in [0.2, 0.25) is 0 Å². The van der Waals surface area contributed by atoms with E-state index in [4.69, 9.17) is 13.9 Å². The molecule has 0 fully saturated rings. The lowest BCUT2D eigenvalue weighted by Crippen LogP contribution is -2.43. The number of hydrogen-bond acceptors (Lipinski definition) is 4. The minimum Gasteiger partial charge on any atom is -0.493 e. The number of aliphatic imine (C=N–C) groups is 1. The number of guanidine groups is 1. The molecule has 1 aromatic carbocycles. The molecule has 2 aromatic rings. The Bertz CT molecular complexity index is 811. The van der Waals surface area contributed by atoms with Gasteiger partial charge in [-0.05, 0) is 49.6 Å². The van der Waals surface area contributed by atoms with Gasteiger partial charge in [-0.25, -0.2) is 0 Å². The summed E-state index contributed by atoms with van der Waals surface area (Å²) in [6, 6.07) is 6.22. The van der Waals surface area contributed by atoms with E-state index in [9.17, 15) is 0 Å². The predicted molar refractivity (Wildman–Crippen MR) is 102 cm³/mol. The molecule has 6 heteroatoms. The molecule has 0 unspecified atom stereocenters. The van der Waals surface area contributed by atoms with Crippen molar-refractivity contribution in [3.63, 3.8) is 0 Å². The van der Waals surface area contributed by atoms with Crippen LogP contribution in [0.1, 0.15) is 28.2 Å². The Balaban J connectivity index is 1.72. The normalized spacial score (nSPS) is 14.2. The van der Waals surface area contributed by atoms with Crippen molar-refractivity contribution in [3.8, 4) is 11.5 Å². The third-order valence-corrected chi connectivity index (χ3v) is 4.81. The highest BCUT2D eigenvalue weighted by molar-refractivity contribution is 5.80. The minimum atomic E-state index is 0.700. The van der Waals surface area contributed by atoms with Gasteiger partial charge in [-0.15, -0.1) is 0 Å². The molecular weight excluding hydrogens is 330 g/mol. The monoisotopic (exact) mass is 357 g/mol. The Morgan fingerprint density at radius 1 is 1.15 bits per heavy atom. The molecule has 0 radical (unpaired) electrons. The number of hydrogen-bond donors (Lipinski definition) is 1. The molecule has 0 spiro atoms. The molecule has 0 amide bonds. The summed E-state index contributed by atoms with van der Waals surface area (Å²) in [5, 5.41) is 3.45. The first-order valence-electron chi connectivity index (χ1n) is 8.81. The lowest BCUT2D eigenvalue weighted by molar-refractivity contribution is 0.346. The second-order valence-corrected chi connectivity index (χ2v) is 6.49. The summed E-state index contributed by atoms with van der Waals surface area (Å²) >= 11 is 0. The maximum atomic E-state index is 5.60. The number of fused-ring (bicyclic) bond motifs is 1. The molecule has 3 rings (SSSR count). The van der Waals surface area contributed by atoms with Gasteiger partial charge in [0.1, 0.15) is 11.5 Å². The molecule has 1 N–H and O–H groups in total. The van der Waals surface area contributed by atoms with Gasteiger partial charge >= 0.3 is 0 Å². The van der Waals surface area contributed by atoms with Crippen molar-refractivity contribution in [1.29, 1.82) is 0 Å². The van der Waals surface area contributed by atoms with E-state index in [1.165, 1.54) is 11.1 Å². The highest BCUT2D eigenvalue weighted by Gasteiger charge is 2.21. The lowest BCUT2D eigenvalue weighted by Gasteiger charge is -2.32. The highest BCUT2D eigenvalue weighted by atomic mass is 16.5. The van der Waals surface area contributed by atoms with Crippen molar-refractivity contribution >= 4 is 5.96 Å². The van der Waals surface area contributed by atoms with Crippen LogP contribution in [0.5, 0.6) is 11.5 Å². The lowest BCUT2D eigenvalue weighted by atomic mass is 9.99. The fourth-order valence-electron chi connectivity index (χ4n) is 3.43. The topological polar surface area (TPSA) is 59.2 Å². The van der Waals surface area contributed by atoms with Crippen LogP contribution in [0.2, 0.25) is 0 Å². The van der Waals surface area contributed by atoms with Crippen molar-refractivity contribution in [2.75, 3.05) is 27.8 Å². The number of ether oxygens (including phenoxy) is 2. The van der Waals surface area contributed by atoms with Gasteiger partial charge in [0.25, 0.3) is 0 Å². The van der Waals surface area contributed by atoms with Crippen LogP contribution < -0.4 is 14.8 Å². The molecule has 0 saturated carbocycles. The van der Waals surface area contributed by atoms with Crippen molar-refractivity contribution in [2.24, 2.45) is 4.99 Å². The molecule has 1 aliphatic heterocycles. The summed E-state index contributed by atoms with van der Waals surface area (Å²) in [6.07, 6.45) is 0.945. The Labute approximate surface area is 154 Å². The first kappa shape index (κ1) is 18.2. The smallest absolute Gasteiger partial charge is 0.194 e. The Hall–Kier alpha value is -2.63. The summed E-state index contributed by atoms with van der Waals surface area (Å²) in [6.45, 7) is 6.35. The number of benzene rings is 1. The molecule has 0 bridgehead atoms. The second kappa shape index (κ2) is 7.72. The molecule has 1 aromatic heterocycles. The van der Waals surface area contributed by atoms with Gasteiger partial charge < -0.3 is 24.1 Å². The van der Waals surface area contributed by atoms with E-state index in [1.54, 1.807) is 14.2 Å². The zero-order chi connectivity index (χ0) is 18.7. The van der Waals surface area contributed by atoms with E-state index in [0.29, 0.717) is 6.54 Å². The number of aryl methyl sites for hydroxylation is 2. The summed E-state index contributed by atoms with van der Waals surface area (Å²) in [4.78, 5) is 6.72. The van der Waals surface area contributed by atoms with Gasteiger partial charge in [0.05, 0.1) is 14.2 Å². The molecule has 2 heterocycles. The quantitative estimate of drug-likeness (QED) is 0.673. The largest absolute Gasteiger partial charge is 0.493 e. The van der Waals surface area contributed by atoms with Crippen LogP contribution in [0.3, 0.4) is 0 Å². The fraction of sp³-hybridized carbons (Fsp3) is 0.450. The van der Waals surface area contributed by atoms with Crippen molar-refractivity contribution in [2.45, 2.75) is 33.4 Å². The van der Waals surface area contributed by atoms with E-state index < -0.39 is 0 Å². The Morgan fingerprint density at radius 2 is 1.85 bits per heavy atom. The van der Waals surface area contributed by atoms with E-state index in [1.807, 2.05) is 20.9 Å². The number of nitrogens with one attached hydrogen (secondary N) is 1. The van der Waals surface area contributed by atoms with E-state index >= 15 is 0 Å². The number of furan rings is 1. The zero-order valence-corrected chi connectivity index (χ0v) is 16.2. The molecule has 26 heavy (non-hydrogen) atoms. The SMILES string of the molecule is CN=C(NCc1cc(C)oc1C)N1CCc2cc(OC)c(OC)cc2C1.